The average molecular weight is 365 g/mol. The molecule has 1 aliphatic rings. The Bertz CT molecular complexity index is 941. The quantitative estimate of drug-likeness (QED) is 0.686. The molecule has 4 rings (SSSR count). The number of aromatic nitrogens is 2. The predicted octanol–water partition coefficient (Wildman–Crippen LogP) is 4.00. The van der Waals surface area contributed by atoms with Gasteiger partial charge in [0.05, 0.1) is 0 Å². The molecule has 2 heterocycles. The summed E-state index contributed by atoms with van der Waals surface area (Å²) in [6.45, 7) is 3.35. The number of rotatable bonds is 5. The monoisotopic (exact) mass is 365 g/mol. The molecular formula is C21H20FN3O2. The van der Waals surface area contributed by atoms with E-state index in [1.165, 1.54) is 17.7 Å². The Morgan fingerprint density at radius 2 is 2.04 bits per heavy atom. The van der Waals surface area contributed by atoms with Crippen molar-refractivity contribution in [3.63, 3.8) is 0 Å². The Kier molecular flexibility index (Phi) is 4.71. The minimum atomic E-state index is -0.357. The molecule has 2 aromatic carbocycles. The molecule has 1 aromatic heterocycles. The van der Waals surface area contributed by atoms with E-state index in [9.17, 15) is 9.18 Å². The first-order chi connectivity index (χ1) is 13.1. The third-order valence-corrected chi connectivity index (χ3v) is 4.96. The second kappa shape index (κ2) is 7.31. The highest BCUT2D eigenvalue weighted by Crippen LogP contribution is 2.30. The van der Waals surface area contributed by atoms with Gasteiger partial charge in [0.1, 0.15) is 5.82 Å². The van der Waals surface area contributed by atoms with Gasteiger partial charge in [0.25, 0.3) is 5.89 Å². The highest BCUT2D eigenvalue weighted by atomic mass is 19.1. The standard InChI is InChI=1S/C21H20FN3O2/c1-14(15-6-3-2-4-7-15)12-25-13-17(11-19(25)26)20-23-21(27-24-20)16-8-5-9-18(22)10-16/h2-10,14,17H,11-13H2,1H3. The van der Waals surface area contributed by atoms with E-state index in [-0.39, 0.29) is 29.5 Å². The van der Waals surface area contributed by atoms with Crippen LogP contribution in [0.25, 0.3) is 11.5 Å². The lowest BCUT2D eigenvalue weighted by atomic mass is 10.0. The molecule has 1 amide bonds. The molecule has 0 bridgehead atoms. The fourth-order valence-electron chi connectivity index (χ4n) is 3.48. The Morgan fingerprint density at radius 1 is 1.22 bits per heavy atom. The highest BCUT2D eigenvalue weighted by Gasteiger charge is 2.34. The van der Waals surface area contributed by atoms with E-state index in [0.717, 1.165) is 0 Å². The Balaban J connectivity index is 1.45. The lowest BCUT2D eigenvalue weighted by Gasteiger charge is -2.21. The van der Waals surface area contributed by atoms with Crippen molar-refractivity contribution in [1.82, 2.24) is 15.0 Å². The summed E-state index contributed by atoms with van der Waals surface area (Å²) in [6, 6.07) is 16.2. The maximum Gasteiger partial charge on any atom is 0.258 e. The number of carbonyl (C=O) groups excluding carboxylic acids is 1. The van der Waals surface area contributed by atoms with E-state index in [4.69, 9.17) is 4.52 Å². The fourth-order valence-corrected chi connectivity index (χ4v) is 3.48. The zero-order chi connectivity index (χ0) is 18.8. The Morgan fingerprint density at radius 3 is 2.81 bits per heavy atom. The number of carbonyl (C=O) groups is 1. The summed E-state index contributed by atoms with van der Waals surface area (Å²) in [5, 5.41) is 4.02. The van der Waals surface area contributed by atoms with Crippen molar-refractivity contribution in [2.45, 2.75) is 25.2 Å². The van der Waals surface area contributed by atoms with Crippen LogP contribution in [0.3, 0.4) is 0 Å². The smallest absolute Gasteiger partial charge is 0.258 e. The molecule has 3 aromatic rings. The van der Waals surface area contributed by atoms with Gasteiger partial charge in [-0.25, -0.2) is 4.39 Å². The van der Waals surface area contributed by atoms with Crippen molar-refractivity contribution in [2.24, 2.45) is 0 Å². The third kappa shape index (κ3) is 3.74. The molecule has 0 spiro atoms. The van der Waals surface area contributed by atoms with Gasteiger partial charge < -0.3 is 9.42 Å². The summed E-state index contributed by atoms with van der Waals surface area (Å²) in [5.41, 5.74) is 1.74. The van der Waals surface area contributed by atoms with Gasteiger partial charge in [-0.1, -0.05) is 48.5 Å². The predicted molar refractivity (Wildman–Crippen MR) is 98.5 cm³/mol. The van der Waals surface area contributed by atoms with Gasteiger partial charge in [-0.15, -0.1) is 0 Å². The zero-order valence-corrected chi connectivity index (χ0v) is 15.0. The molecule has 1 fully saturated rings. The number of halogens is 1. The van der Waals surface area contributed by atoms with Crippen LogP contribution in [0, 0.1) is 5.82 Å². The average Bonchev–Trinajstić information content (AvgIpc) is 3.30. The highest BCUT2D eigenvalue weighted by molar-refractivity contribution is 5.79. The van der Waals surface area contributed by atoms with Gasteiger partial charge in [-0.05, 0) is 29.7 Å². The van der Waals surface area contributed by atoms with E-state index < -0.39 is 0 Å². The SMILES string of the molecule is CC(CN1CC(c2noc(-c3cccc(F)c3)n2)CC1=O)c1ccccc1. The summed E-state index contributed by atoms with van der Waals surface area (Å²) in [5.74, 6) is 0.656. The number of amides is 1. The zero-order valence-electron chi connectivity index (χ0n) is 15.0. The fraction of sp³-hybridized carbons (Fsp3) is 0.286. The third-order valence-electron chi connectivity index (χ3n) is 4.96. The van der Waals surface area contributed by atoms with Gasteiger partial charge in [0.15, 0.2) is 5.82 Å². The van der Waals surface area contributed by atoms with Crippen molar-refractivity contribution in [3.05, 3.63) is 71.8 Å². The van der Waals surface area contributed by atoms with Gasteiger partial charge >= 0.3 is 0 Å². The molecule has 0 N–H and O–H groups in total. The normalized spacial score (nSPS) is 18.1. The number of hydrogen-bond donors (Lipinski definition) is 0. The molecule has 27 heavy (non-hydrogen) atoms. The number of likely N-dealkylation sites (tertiary alicyclic amines) is 1. The van der Waals surface area contributed by atoms with Crippen molar-refractivity contribution in [1.29, 1.82) is 0 Å². The van der Waals surface area contributed by atoms with Crippen LogP contribution in [0.15, 0.2) is 59.1 Å². The minimum Gasteiger partial charge on any atom is -0.341 e. The number of nitrogens with zero attached hydrogens (tertiary/aromatic N) is 3. The summed E-state index contributed by atoms with van der Waals surface area (Å²) < 4.78 is 18.7. The van der Waals surface area contributed by atoms with Crippen molar-refractivity contribution >= 4 is 5.91 Å². The van der Waals surface area contributed by atoms with Crippen LogP contribution in [0.1, 0.15) is 36.6 Å². The molecule has 138 valence electrons. The van der Waals surface area contributed by atoms with Crippen LogP contribution in [0.4, 0.5) is 4.39 Å². The van der Waals surface area contributed by atoms with Crippen LogP contribution in [-0.4, -0.2) is 34.0 Å². The van der Waals surface area contributed by atoms with E-state index in [2.05, 4.69) is 29.2 Å². The van der Waals surface area contributed by atoms with Gasteiger partial charge in [0, 0.05) is 31.0 Å². The summed E-state index contributed by atoms with van der Waals surface area (Å²) in [4.78, 5) is 18.7. The molecule has 0 aliphatic carbocycles. The first-order valence-electron chi connectivity index (χ1n) is 9.02. The molecule has 2 atom stereocenters. The van der Waals surface area contributed by atoms with Crippen molar-refractivity contribution < 1.29 is 13.7 Å². The lowest BCUT2D eigenvalue weighted by Crippen LogP contribution is -2.29. The van der Waals surface area contributed by atoms with Crippen LogP contribution >= 0.6 is 0 Å². The summed E-state index contributed by atoms with van der Waals surface area (Å²) in [6.07, 6.45) is 0.365. The molecule has 0 radical (unpaired) electrons. The largest absolute Gasteiger partial charge is 0.341 e. The molecule has 1 saturated heterocycles. The second-order valence-corrected chi connectivity index (χ2v) is 6.98. The van der Waals surface area contributed by atoms with Crippen molar-refractivity contribution in [3.8, 4) is 11.5 Å². The van der Waals surface area contributed by atoms with Crippen LogP contribution in [0.5, 0.6) is 0 Å². The lowest BCUT2D eigenvalue weighted by molar-refractivity contribution is -0.127. The first-order valence-corrected chi connectivity index (χ1v) is 9.02. The maximum atomic E-state index is 13.4. The molecule has 5 nitrogen and oxygen atoms in total. The Hall–Kier alpha value is -3.02. The topological polar surface area (TPSA) is 59.2 Å². The van der Waals surface area contributed by atoms with Gasteiger partial charge in [-0.3, -0.25) is 4.79 Å². The molecule has 1 aliphatic heterocycles. The van der Waals surface area contributed by atoms with E-state index in [1.54, 1.807) is 12.1 Å². The van der Waals surface area contributed by atoms with E-state index >= 15 is 0 Å². The first kappa shape index (κ1) is 17.4. The van der Waals surface area contributed by atoms with Gasteiger partial charge in [0.2, 0.25) is 5.91 Å². The van der Waals surface area contributed by atoms with Crippen molar-refractivity contribution in [2.75, 3.05) is 13.1 Å². The molecular weight excluding hydrogens is 345 g/mol. The van der Waals surface area contributed by atoms with Gasteiger partial charge in [-0.2, -0.15) is 4.98 Å². The summed E-state index contributed by atoms with van der Waals surface area (Å²) >= 11 is 0. The Labute approximate surface area is 156 Å². The van der Waals surface area contributed by atoms with E-state index in [1.807, 2.05) is 23.1 Å². The van der Waals surface area contributed by atoms with Crippen LogP contribution in [0.2, 0.25) is 0 Å². The number of benzene rings is 2. The minimum absolute atomic E-state index is 0.0971. The van der Waals surface area contributed by atoms with Crippen LogP contribution < -0.4 is 0 Å². The molecule has 6 heteroatoms. The maximum absolute atomic E-state index is 13.4. The van der Waals surface area contributed by atoms with Crippen LogP contribution in [-0.2, 0) is 4.79 Å². The van der Waals surface area contributed by atoms with E-state index in [0.29, 0.717) is 30.9 Å². The second-order valence-electron chi connectivity index (χ2n) is 6.98. The molecule has 2 unspecified atom stereocenters. The number of hydrogen-bond acceptors (Lipinski definition) is 4. The molecule has 0 saturated carbocycles. The summed E-state index contributed by atoms with van der Waals surface area (Å²) in [7, 11) is 0.